The standard InChI is InChI=1S/C18H23N5O6/c1-10-14(29-11-6-7-27-15(8-11)17(24)25)5-4-12(20-10)16-13(23(3)22-21-16)9-28-18(26)19-2/h4-5,11,15H,6-9H2,1-3H3,(H,19,26)(H,24,25)/t11-,15-/m0/s1. The summed E-state index contributed by atoms with van der Waals surface area (Å²) < 4.78 is 17.8. The molecule has 0 bridgehead atoms. The van der Waals surface area contributed by atoms with Crippen LogP contribution in [0.15, 0.2) is 12.1 Å². The largest absolute Gasteiger partial charge is 0.488 e. The van der Waals surface area contributed by atoms with E-state index in [9.17, 15) is 9.59 Å². The Hall–Kier alpha value is -3.21. The lowest BCUT2D eigenvalue weighted by atomic mass is 10.1. The number of nitrogens with one attached hydrogen (secondary N) is 1. The third kappa shape index (κ3) is 4.80. The van der Waals surface area contributed by atoms with Crippen LogP contribution in [0.25, 0.3) is 11.4 Å². The fraction of sp³-hybridized carbons (Fsp3) is 0.500. The SMILES string of the molecule is CNC(=O)OCc1c(-c2ccc(O[C@H]3CCO[C@H](C(=O)O)C3)c(C)n2)nnn1C. The second kappa shape index (κ2) is 8.86. The van der Waals surface area contributed by atoms with Gasteiger partial charge in [-0.25, -0.2) is 19.3 Å². The Morgan fingerprint density at radius 1 is 1.41 bits per heavy atom. The normalized spacial score (nSPS) is 18.9. The number of amides is 1. The fourth-order valence-corrected chi connectivity index (χ4v) is 2.97. The number of carboxylic acids is 1. The molecule has 0 saturated carbocycles. The first kappa shape index (κ1) is 20.5. The summed E-state index contributed by atoms with van der Waals surface area (Å²) in [4.78, 5) is 27.0. The Balaban J connectivity index is 1.75. The summed E-state index contributed by atoms with van der Waals surface area (Å²) in [6, 6.07) is 3.50. The van der Waals surface area contributed by atoms with Crippen molar-refractivity contribution in [2.75, 3.05) is 13.7 Å². The molecule has 156 valence electrons. The average Bonchev–Trinajstić information content (AvgIpc) is 3.08. The molecule has 1 saturated heterocycles. The van der Waals surface area contributed by atoms with Gasteiger partial charge in [-0.05, 0) is 19.1 Å². The summed E-state index contributed by atoms with van der Waals surface area (Å²) in [7, 11) is 3.18. The van der Waals surface area contributed by atoms with Crippen molar-refractivity contribution in [1.82, 2.24) is 25.3 Å². The number of aryl methyl sites for hydroxylation is 2. The maximum absolute atomic E-state index is 11.4. The van der Waals surface area contributed by atoms with Gasteiger partial charge in [0.1, 0.15) is 29.8 Å². The third-order valence-electron chi connectivity index (χ3n) is 4.57. The van der Waals surface area contributed by atoms with Crippen LogP contribution in [0.1, 0.15) is 24.2 Å². The van der Waals surface area contributed by atoms with Crippen molar-refractivity contribution < 1.29 is 28.9 Å². The predicted molar refractivity (Wildman–Crippen MR) is 99.2 cm³/mol. The number of carbonyl (C=O) groups excluding carboxylic acids is 1. The summed E-state index contributed by atoms with van der Waals surface area (Å²) in [5.41, 5.74) is 2.30. The quantitative estimate of drug-likeness (QED) is 0.722. The molecule has 2 N–H and O–H groups in total. The van der Waals surface area contributed by atoms with Gasteiger partial charge in [-0.1, -0.05) is 5.21 Å². The summed E-state index contributed by atoms with van der Waals surface area (Å²) in [5.74, 6) is -0.422. The Labute approximate surface area is 167 Å². The maximum atomic E-state index is 11.4. The van der Waals surface area contributed by atoms with Crippen LogP contribution in [0.2, 0.25) is 0 Å². The van der Waals surface area contributed by atoms with E-state index in [0.717, 1.165) is 0 Å². The molecular weight excluding hydrogens is 382 g/mol. The Morgan fingerprint density at radius 3 is 2.90 bits per heavy atom. The minimum absolute atomic E-state index is 0.00383. The lowest BCUT2D eigenvalue weighted by molar-refractivity contribution is -0.156. The maximum Gasteiger partial charge on any atom is 0.407 e. The van der Waals surface area contributed by atoms with Crippen molar-refractivity contribution in [3.63, 3.8) is 0 Å². The third-order valence-corrected chi connectivity index (χ3v) is 4.57. The van der Waals surface area contributed by atoms with Crippen LogP contribution in [-0.4, -0.2) is 63.0 Å². The molecule has 1 aliphatic rings. The number of carbonyl (C=O) groups is 2. The average molecular weight is 405 g/mol. The molecule has 1 amide bonds. The predicted octanol–water partition coefficient (Wildman–Crippen LogP) is 1.05. The van der Waals surface area contributed by atoms with Crippen molar-refractivity contribution in [2.45, 2.75) is 38.6 Å². The number of rotatable bonds is 6. The topological polar surface area (TPSA) is 138 Å². The number of ether oxygens (including phenoxy) is 3. The Morgan fingerprint density at radius 2 is 2.21 bits per heavy atom. The van der Waals surface area contributed by atoms with Crippen molar-refractivity contribution in [3.05, 3.63) is 23.5 Å². The van der Waals surface area contributed by atoms with Crippen molar-refractivity contribution in [3.8, 4) is 17.1 Å². The molecule has 1 fully saturated rings. The molecule has 0 spiro atoms. The lowest BCUT2D eigenvalue weighted by Crippen LogP contribution is -2.37. The van der Waals surface area contributed by atoms with Gasteiger partial charge in [0.05, 0.1) is 18.0 Å². The molecular formula is C18H23N5O6. The van der Waals surface area contributed by atoms with E-state index in [1.54, 1.807) is 26.1 Å². The zero-order chi connectivity index (χ0) is 21.0. The van der Waals surface area contributed by atoms with E-state index in [2.05, 4.69) is 20.6 Å². The van der Waals surface area contributed by atoms with Gasteiger partial charge in [0.25, 0.3) is 0 Å². The highest BCUT2D eigenvalue weighted by Crippen LogP contribution is 2.27. The molecule has 11 nitrogen and oxygen atoms in total. The molecule has 0 aromatic carbocycles. The Kier molecular flexibility index (Phi) is 6.27. The van der Waals surface area contributed by atoms with E-state index in [1.165, 1.54) is 11.7 Å². The summed E-state index contributed by atoms with van der Waals surface area (Å²) >= 11 is 0. The van der Waals surface area contributed by atoms with Crippen LogP contribution in [0.4, 0.5) is 4.79 Å². The van der Waals surface area contributed by atoms with Crippen molar-refractivity contribution in [2.24, 2.45) is 7.05 Å². The molecule has 0 radical (unpaired) electrons. The number of aliphatic carboxylic acids is 1. The molecule has 0 aliphatic carbocycles. The van der Waals surface area contributed by atoms with Gasteiger partial charge in [-0.2, -0.15) is 0 Å². The number of hydrogen-bond acceptors (Lipinski definition) is 8. The van der Waals surface area contributed by atoms with Crippen LogP contribution < -0.4 is 10.1 Å². The van der Waals surface area contributed by atoms with Crippen LogP contribution in [0, 0.1) is 6.92 Å². The fourth-order valence-electron chi connectivity index (χ4n) is 2.97. The highest BCUT2D eigenvalue weighted by molar-refractivity contribution is 5.72. The van der Waals surface area contributed by atoms with Gasteiger partial charge < -0.3 is 24.6 Å². The van der Waals surface area contributed by atoms with E-state index >= 15 is 0 Å². The number of aromatic nitrogens is 4. The van der Waals surface area contributed by atoms with E-state index in [-0.39, 0.29) is 19.1 Å². The van der Waals surface area contributed by atoms with Crippen LogP contribution >= 0.6 is 0 Å². The number of pyridine rings is 1. The monoisotopic (exact) mass is 405 g/mol. The van der Waals surface area contributed by atoms with Crippen molar-refractivity contribution >= 4 is 12.1 Å². The number of alkyl carbamates (subject to hydrolysis) is 1. The second-order valence-corrected chi connectivity index (χ2v) is 6.58. The van der Waals surface area contributed by atoms with Crippen molar-refractivity contribution in [1.29, 1.82) is 0 Å². The molecule has 3 heterocycles. The first-order valence-electron chi connectivity index (χ1n) is 9.11. The molecule has 29 heavy (non-hydrogen) atoms. The minimum atomic E-state index is -0.988. The van der Waals surface area contributed by atoms with Gasteiger partial charge in [0.2, 0.25) is 0 Å². The molecule has 11 heteroatoms. The minimum Gasteiger partial charge on any atom is -0.488 e. The van der Waals surface area contributed by atoms with E-state index in [1.807, 2.05) is 0 Å². The summed E-state index contributed by atoms with van der Waals surface area (Å²) in [6.45, 7) is 2.13. The van der Waals surface area contributed by atoms with Crippen LogP contribution in [-0.2, 0) is 27.9 Å². The smallest absolute Gasteiger partial charge is 0.407 e. The summed E-state index contributed by atoms with van der Waals surface area (Å²) in [6.07, 6.45) is -0.785. The van der Waals surface area contributed by atoms with Crippen LogP contribution in [0.3, 0.4) is 0 Å². The van der Waals surface area contributed by atoms with E-state index in [4.69, 9.17) is 19.3 Å². The highest BCUT2D eigenvalue weighted by atomic mass is 16.5. The summed E-state index contributed by atoms with van der Waals surface area (Å²) in [5, 5.41) is 19.6. The highest BCUT2D eigenvalue weighted by Gasteiger charge is 2.29. The van der Waals surface area contributed by atoms with Gasteiger partial charge in [-0.15, -0.1) is 5.10 Å². The first-order valence-corrected chi connectivity index (χ1v) is 9.11. The molecule has 2 aromatic rings. The Bertz CT molecular complexity index is 899. The van der Waals surface area contributed by atoms with Gasteiger partial charge in [-0.3, -0.25) is 0 Å². The van der Waals surface area contributed by atoms with Gasteiger partial charge in [0.15, 0.2) is 6.10 Å². The number of nitrogens with zero attached hydrogens (tertiary/aromatic N) is 4. The molecule has 0 unspecified atom stereocenters. The number of hydrogen-bond donors (Lipinski definition) is 2. The second-order valence-electron chi connectivity index (χ2n) is 6.58. The van der Waals surface area contributed by atoms with Crippen LogP contribution in [0.5, 0.6) is 5.75 Å². The van der Waals surface area contributed by atoms with Gasteiger partial charge >= 0.3 is 12.1 Å². The molecule has 1 aliphatic heterocycles. The zero-order valence-electron chi connectivity index (χ0n) is 16.4. The first-order chi connectivity index (χ1) is 13.9. The van der Waals surface area contributed by atoms with E-state index < -0.39 is 18.2 Å². The molecule has 2 aromatic heterocycles. The number of carboxylic acid groups (broad SMARTS) is 1. The lowest BCUT2D eigenvalue weighted by Gasteiger charge is -2.28. The van der Waals surface area contributed by atoms with Gasteiger partial charge in [0, 0.05) is 26.9 Å². The molecule has 3 rings (SSSR count). The van der Waals surface area contributed by atoms with E-state index in [0.29, 0.717) is 41.6 Å². The molecule has 2 atom stereocenters. The zero-order valence-corrected chi connectivity index (χ0v) is 16.4.